The Labute approximate surface area is 150 Å². The molecule has 0 spiro atoms. The third-order valence-electron chi connectivity index (χ3n) is 3.77. The molecule has 1 aliphatic heterocycles. The summed E-state index contributed by atoms with van der Waals surface area (Å²) in [5.74, 6) is 1.04. The molecule has 24 heavy (non-hydrogen) atoms. The number of halogens is 2. The molecule has 0 fully saturated rings. The number of amides is 1. The second-order valence-electron chi connectivity index (χ2n) is 5.62. The van der Waals surface area contributed by atoms with Gasteiger partial charge in [0, 0.05) is 5.02 Å². The van der Waals surface area contributed by atoms with Crippen molar-refractivity contribution in [2.75, 3.05) is 13.2 Å². The Morgan fingerprint density at radius 2 is 1.88 bits per heavy atom. The number of carbonyl (C=O) groups is 1. The van der Waals surface area contributed by atoms with Crippen LogP contribution in [0.25, 0.3) is 0 Å². The Kier molecular flexibility index (Phi) is 5.17. The molecular formula is C18H17Cl2NO3. The molecule has 0 saturated heterocycles. The molecule has 1 amide bonds. The Hall–Kier alpha value is -1.91. The molecule has 1 heterocycles. The first kappa shape index (κ1) is 16.9. The maximum absolute atomic E-state index is 12.3. The van der Waals surface area contributed by atoms with Crippen LogP contribution in [-0.4, -0.2) is 19.1 Å². The first-order valence-corrected chi connectivity index (χ1v) is 8.41. The van der Waals surface area contributed by atoms with E-state index < -0.39 is 0 Å². The Balaban J connectivity index is 1.66. The number of ether oxygens (including phenoxy) is 2. The summed E-state index contributed by atoms with van der Waals surface area (Å²) >= 11 is 12.1. The lowest BCUT2D eigenvalue weighted by Crippen LogP contribution is -2.28. The lowest BCUT2D eigenvalue weighted by atomic mass is 10.1. The maximum atomic E-state index is 12.3. The third-order valence-corrected chi connectivity index (χ3v) is 4.30. The summed E-state index contributed by atoms with van der Waals surface area (Å²) in [7, 11) is 0. The zero-order chi connectivity index (χ0) is 17.1. The zero-order valence-electron chi connectivity index (χ0n) is 13.1. The van der Waals surface area contributed by atoms with E-state index in [9.17, 15) is 4.79 Å². The highest BCUT2D eigenvalue weighted by molar-refractivity contribution is 6.32. The molecule has 1 aliphatic rings. The van der Waals surface area contributed by atoms with Crippen LogP contribution in [0.15, 0.2) is 36.4 Å². The number of hydrogen-bond acceptors (Lipinski definition) is 3. The van der Waals surface area contributed by atoms with Gasteiger partial charge in [0.2, 0.25) is 5.91 Å². The fourth-order valence-electron chi connectivity index (χ4n) is 2.58. The van der Waals surface area contributed by atoms with Crippen LogP contribution in [0.5, 0.6) is 11.5 Å². The average Bonchev–Trinajstić information content (AvgIpc) is 2.55. The summed E-state index contributed by atoms with van der Waals surface area (Å²) in [5.41, 5.74) is 1.78. The van der Waals surface area contributed by atoms with Crippen molar-refractivity contribution in [3.05, 3.63) is 57.6 Å². The lowest BCUT2D eigenvalue weighted by Gasteiger charge is -2.20. The van der Waals surface area contributed by atoms with Crippen LogP contribution < -0.4 is 14.8 Å². The number of carbonyl (C=O) groups excluding carboxylic acids is 1. The predicted octanol–water partition coefficient (Wildman–Crippen LogP) is 4.18. The molecule has 0 aliphatic carbocycles. The van der Waals surface area contributed by atoms with E-state index in [0.717, 1.165) is 11.1 Å². The van der Waals surface area contributed by atoms with Gasteiger partial charge < -0.3 is 14.8 Å². The fourth-order valence-corrected chi connectivity index (χ4v) is 2.99. The van der Waals surface area contributed by atoms with Crippen molar-refractivity contribution in [3.63, 3.8) is 0 Å². The first-order valence-electron chi connectivity index (χ1n) is 7.66. The van der Waals surface area contributed by atoms with E-state index in [2.05, 4.69) is 5.32 Å². The van der Waals surface area contributed by atoms with Gasteiger partial charge in [0.25, 0.3) is 0 Å². The Morgan fingerprint density at radius 3 is 2.62 bits per heavy atom. The molecule has 2 aromatic rings. The second kappa shape index (κ2) is 7.32. The number of benzene rings is 2. The molecule has 0 saturated carbocycles. The van der Waals surface area contributed by atoms with Gasteiger partial charge in [-0.3, -0.25) is 4.79 Å². The topological polar surface area (TPSA) is 47.6 Å². The minimum atomic E-state index is -0.109. The molecule has 1 N–H and O–H groups in total. The van der Waals surface area contributed by atoms with Crippen LogP contribution >= 0.6 is 23.2 Å². The van der Waals surface area contributed by atoms with E-state index in [1.54, 1.807) is 24.3 Å². The SMILES string of the molecule is CC(NC(=O)Cc1cc(Cl)c2c(c1)OCCO2)c1ccc(Cl)cc1. The van der Waals surface area contributed by atoms with Crippen LogP contribution in [0, 0.1) is 0 Å². The van der Waals surface area contributed by atoms with Crippen molar-refractivity contribution in [1.29, 1.82) is 0 Å². The largest absolute Gasteiger partial charge is 0.486 e. The molecular weight excluding hydrogens is 349 g/mol. The van der Waals surface area contributed by atoms with E-state index in [0.29, 0.717) is 34.8 Å². The van der Waals surface area contributed by atoms with Gasteiger partial charge in [-0.25, -0.2) is 0 Å². The standard InChI is InChI=1S/C18H17Cl2NO3/c1-11(13-2-4-14(19)5-3-13)21-17(22)10-12-8-15(20)18-16(9-12)23-6-7-24-18/h2-5,8-9,11H,6-7,10H2,1H3,(H,21,22). The summed E-state index contributed by atoms with van der Waals surface area (Å²) < 4.78 is 11.0. The number of rotatable bonds is 4. The van der Waals surface area contributed by atoms with Crippen molar-refractivity contribution in [2.24, 2.45) is 0 Å². The Bertz CT molecular complexity index is 747. The minimum Gasteiger partial charge on any atom is -0.486 e. The van der Waals surface area contributed by atoms with Crippen LogP contribution in [0.4, 0.5) is 0 Å². The van der Waals surface area contributed by atoms with Crippen molar-refractivity contribution in [3.8, 4) is 11.5 Å². The molecule has 4 nitrogen and oxygen atoms in total. The third kappa shape index (κ3) is 3.94. The highest BCUT2D eigenvalue weighted by Crippen LogP contribution is 2.38. The quantitative estimate of drug-likeness (QED) is 0.883. The van der Waals surface area contributed by atoms with Crippen molar-refractivity contribution in [2.45, 2.75) is 19.4 Å². The van der Waals surface area contributed by atoms with Gasteiger partial charge in [0.15, 0.2) is 11.5 Å². The van der Waals surface area contributed by atoms with Crippen molar-refractivity contribution >= 4 is 29.1 Å². The summed E-state index contributed by atoms with van der Waals surface area (Å²) in [5, 5.41) is 4.10. The molecule has 126 valence electrons. The lowest BCUT2D eigenvalue weighted by molar-refractivity contribution is -0.121. The van der Waals surface area contributed by atoms with Gasteiger partial charge in [-0.2, -0.15) is 0 Å². The molecule has 3 rings (SSSR count). The molecule has 0 radical (unpaired) electrons. The van der Waals surface area contributed by atoms with E-state index in [1.165, 1.54) is 0 Å². The van der Waals surface area contributed by atoms with Gasteiger partial charge in [0.05, 0.1) is 17.5 Å². The summed E-state index contributed by atoms with van der Waals surface area (Å²) in [6, 6.07) is 10.8. The number of hydrogen-bond donors (Lipinski definition) is 1. The summed E-state index contributed by atoms with van der Waals surface area (Å²) in [6.07, 6.45) is 0.217. The molecule has 0 aromatic heterocycles. The predicted molar refractivity (Wildman–Crippen MR) is 94.2 cm³/mol. The smallest absolute Gasteiger partial charge is 0.224 e. The highest BCUT2D eigenvalue weighted by Gasteiger charge is 2.18. The van der Waals surface area contributed by atoms with Gasteiger partial charge >= 0.3 is 0 Å². The summed E-state index contributed by atoms with van der Waals surface area (Å²) in [4.78, 5) is 12.3. The van der Waals surface area contributed by atoms with Crippen LogP contribution in [0.2, 0.25) is 10.0 Å². The normalized spacial score (nSPS) is 14.1. The highest BCUT2D eigenvalue weighted by atomic mass is 35.5. The number of fused-ring (bicyclic) bond motifs is 1. The minimum absolute atomic E-state index is 0.0924. The Morgan fingerprint density at radius 1 is 1.17 bits per heavy atom. The van der Waals surface area contributed by atoms with Crippen molar-refractivity contribution in [1.82, 2.24) is 5.32 Å². The van der Waals surface area contributed by atoms with Crippen LogP contribution in [0.1, 0.15) is 24.1 Å². The average molecular weight is 366 g/mol. The van der Waals surface area contributed by atoms with Gasteiger partial charge in [-0.05, 0) is 42.3 Å². The van der Waals surface area contributed by atoms with Gasteiger partial charge in [-0.15, -0.1) is 0 Å². The fraction of sp³-hybridized carbons (Fsp3) is 0.278. The van der Waals surface area contributed by atoms with Gasteiger partial charge in [0.1, 0.15) is 13.2 Å². The monoisotopic (exact) mass is 365 g/mol. The maximum Gasteiger partial charge on any atom is 0.224 e. The van der Waals surface area contributed by atoms with Gasteiger partial charge in [-0.1, -0.05) is 35.3 Å². The van der Waals surface area contributed by atoms with E-state index in [4.69, 9.17) is 32.7 Å². The molecule has 2 aromatic carbocycles. The molecule has 6 heteroatoms. The molecule has 1 unspecified atom stereocenters. The van der Waals surface area contributed by atoms with Crippen molar-refractivity contribution < 1.29 is 14.3 Å². The zero-order valence-corrected chi connectivity index (χ0v) is 14.7. The van der Waals surface area contributed by atoms with E-state index in [1.807, 2.05) is 19.1 Å². The van der Waals surface area contributed by atoms with Crippen LogP contribution in [0.3, 0.4) is 0 Å². The van der Waals surface area contributed by atoms with Crippen LogP contribution in [-0.2, 0) is 11.2 Å². The van der Waals surface area contributed by atoms with E-state index in [-0.39, 0.29) is 18.4 Å². The summed E-state index contributed by atoms with van der Waals surface area (Å²) in [6.45, 7) is 2.88. The molecule has 1 atom stereocenters. The first-order chi connectivity index (χ1) is 11.5. The van der Waals surface area contributed by atoms with E-state index >= 15 is 0 Å². The molecule has 0 bridgehead atoms. The second-order valence-corrected chi connectivity index (χ2v) is 6.46. The number of nitrogens with one attached hydrogen (secondary N) is 1.